The highest BCUT2D eigenvalue weighted by molar-refractivity contribution is 7.47. The van der Waals surface area contributed by atoms with Gasteiger partial charge >= 0.3 is 39.5 Å². The maximum absolute atomic E-state index is 13.1. The smallest absolute Gasteiger partial charge is 0.462 e. The lowest BCUT2D eigenvalue weighted by molar-refractivity contribution is -0.161. The molecular weight excluding hydrogens is 1450 g/mol. The molecular formula is C93H148O17P2. The van der Waals surface area contributed by atoms with Gasteiger partial charge in [-0.2, -0.15) is 0 Å². The van der Waals surface area contributed by atoms with E-state index in [2.05, 4.69) is 216 Å². The van der Waals surface area contributed by atoms with E-state index in [9.17, 15) is 43.2 Å². The molecule has 0 aliphatic rings. The third-order valence-electron chi connectivity index (χ3n) is 16.7. The van der Waals surface area contributed by atoms with Gasteiger partial charge in [0.1, 0.15) is 19.3 Å². The van der Waals surface area contributed by atoms with Crippen LogP contribution in [0.3, 0.4) is 0 Å². The number of phosphoric acid groups is 2. The van der Waals surface area contributed by atoms with Crippen LogP contribution in [0.25, 0.3) is 0 Å². The third kappa shape index (κ3) is 81.6. The number of allylic oxidation sites excluding steroid dienone is 34. The van der Waals surface area contributed by atoms with E-state index in [4.69, 9.17) is 37.0 Å². The molecule has 2 unspecified atom stereocenters. The normalized spacial score (nSPS) is 14.8. The molecule has 0 aromatic rings. The van der Waals surface area contributed by atoms with Gasteiger partial charge < -0.3 is 33.8 Å². The first-order chi connectivity index (χ1) is 54.7. The summed E-state index contributed by atoms with van der Waals surface area (Å²) < 4.78 is 68.6. The van der Waals surface area contributed by atoms with Crippen LogP contribution in [0.15, 0.2) is 207 Å². The summed E-state index contributed by atoms with van der Waals surface area (Å²) in [4.78, 5) is 73.2. The lowest BCUT2D eigenvalue weighted by atomic mass is 10.1. The number of aliphatic hydroxyl groups excluding tert-OH is 1. The van der Waals surface area contributed by atoms with Crippen molar-refractivity contribution in [1.29, 1.82) is 0 Å². The van der Waals surface area contributed by atoms with Gasteiger partial charge in [-0.15, -0.1) is 0 Å². The number of rotatable bonds is 77. The molecule has 0 saturated carbocycles. The zero-order valence-corrected chi connectivity index (χ0v) is 71.0. The number of hydrogen-bond donors (Lipinski definition) is 3. The van der Waals surface area contributed by atoms with Crippen molar-refractivity contribution in [2.24, 2.45) is 0 Å². The Hall–Kier alpha value is -6.36. The van der Waals surface area contributed by atoms with Gasteiger partial charge in [0.2, 0.25) is 0 Å². The highest BCUT2D eigenvalue weighted by Crippen LogP contribution is 2.45. The Morgan fingerprint density at radius 3 is 0.786 bits per heavy atom. The quantitative estimate of drug-likeness (QED) is 0.0169. The lowest BCUT2D eigenvalue weighted by Gasteiger charge is -2.21. The van der Waals surface area contributed by atoms with Gasteiger partial charge in [-0.25, -0.2) is 9.13 Å². The SMILES string of the molecule is CC/C=C\C/C=C\C/C=C\C/C=C\C/C=C\C/C=C\CCC(=O)O[C@H](COC(=O)CCCCC/C=C\C/C=C\C/C=C\C/C=C\C/C=C\CC)COP(=O)(O)OC[C@@H](O)COP(=O)(O)OC[C@@H](COC(=O)CCCCC/C=C\C/C=C\C/C=C\C/C=C\C/C=C\CC)OC(=O)CCCCCCC/C=C\CCCCCCCC. The molecule has 0 bridgehead atoms. The Kier molecular flexibility index (Phi) is 77.9. The number of unbranched alkanes of at least 4 members (excludes halogenated alkanes) is 17. The van der Waals surface area contributed by atoms with E-state index in [0.29, 0.717) is 32.1 Å². The van der Waals surface area contributed by atoms with E-state index in [1.807, 2.05) is 18.2 Å². The number of carbonyl (C=O) groups is 4. The van der Waals surface area contributed by atoms with Crippen LogP contribution in [-0.4, -0.2) is 96.7 Å². The molecule has 17 nitrogen and oxygen atoms in total. The molecule has 0 aromatic carbocycles. The lowest BCUT2D eigenvalue weighted by Crippen LogP contribution is -2.30. The fraction of sp³-hybridized carbons (Fsp3) is 0.591. The van der Waals surface area contributed by atoms with Crippen LogP contribution < -0.4 is 0 Å². The topological polar surface area (TPSA) is 237 Å². The molecule has 0 amide bonds. The fourth-order valence-corrected chi connectivity index (χ4v) is 12.0. The summed E-state index contributed by atoms with van der Waals surface area (Å²) in [6.07, 6.45) is 104. The third-order valence-corrected chi connectivity index (χ3v) is 18.6. The molecule has 0 aliphatic heterocycles. The second-order valence-electron chi connectivity index (χ2n) is 27.3. The Morgan fingerprint density at radius 1 is 0.259 bits per heavy atom. The fourth-order valence-electron chi connectivity index (χ4n) is 10.4. The molecule has 0 aliphatic carbocycles. The maximum atomic E-state index is 13.1. The highest BCUT2D eigenvalue weighted by Gasteiger charge is 2.30. The molecule has 5 atom stereocenters. The van der Waals surface area contributed by atoms with Crippen molar-refractivity contribution in [1.82, 2.24) is 0 Å². The minimum atomic E-state index is -5.02. The van der Waals surface area contributed by atoms with Gasteiger partial charge in [-0.1, -0.05) is 298 Å². The maximum Gasteiger partial charge on any atom is 0.472 e. The van der Waals surface area contributed by atoms with E-state index in [0.717, 1.165) is 173 Å². The highest BCUT2D eigenvalue weighted by atomic mass is 31.2. The van der Waals surface area contributed by atoms with E-state index in [1.54, 1.807) is 0 Å². The van der Waals surface area contributed by atoms with Crippen molar-refractivity contribution < 1.29 is 80.2 Å². The Balaban J connectivity index is 5.55. The zero-order chi connectivity index (χ0) is 81.7. The van der Waals surface area contributed by atoms with Crippen LogP contribution in [-0.2, 0) is 65.4 Å². The summed E-state index contributed by atoms with van der Waals surface area (Å²) in [5, 5.41) is 10.7. The van der Waals surface area contributed by atoms with Crippen LogP contribution in [0.4, 0.5) is 0 Å². The Bertz CT molecular complexity index is 2940. The van der Waals surface area contributed by atoms with Crippen molar-refractivity contribution in [2.45, 2.75) is 316 Å². The number of carbonyl (C=O) groups excluding carboxylic acids is 4. The van der Waals surface area contributed by atoms with Gasteiger partial charge in [0.15, 0.2) is 12.2 Å². The Labute approximate surface area is 678 Å². The first-order valence-electron chi connectivity index (χ1n) is 42.3. The molecule has 632 valence electrons. The summed E-state index contributed by atoms with van der Waals surface area (Å²) in [7, 11) is -10.0. The number of esters is 4. The molecule has 0 fully saturated rings. The average molecular weight is 1600 g/mol. The van der Waals surface area contributed by atoms with E-state index in [1.165, 1.54) is 38.5 Å². The van der Waals surface area contributed by atoms with Crippen LogP contribution in [0.2, 0.25) is 0 Å². The molecule has 0 aromatic heterocycles. The van der Waals surface area contributed by atoms with Crippen LogP contribution in [0.1, 0.15) is 297 Å². The van der Waals surface area contributed by atoms with Gasteiger partial charge in [0.05, 0.1) is 26.4 Å². The summed E-state index contributed by atoms with van der Waals surface area (Å²) in [6.45, 7) is 4.35. The minimum Gasteiger partial charge on any atom is -0.462 e. The van der Waals surface area contributed by atoms with Gasteiger partial charge in [0, 0.05) is 25.7 Å². The van der Waals surface area contributed by atoms with Crippen molar-refractivity contribution in [3.8, 4) is 0 Å². The number of hydrogen-bond acceptors (Lipinski definition) is 15. The average Bonchev–Trinajstić information content (AvgIpc) is 0.897. The standard InChI is InChI=1S/C93H148O17P2/c1-5-9-13-17-21-25-29-33-37-40-43-46-50-53-57-61-65-69-73-77-90(95)103-83-88(109-92(97)79-75-71-67-63-59-55-49-36-32-28-24-20-16-12-8-4)85-107-111(99,100)105-81-87(94)82-106-112(101,102)108-86-89(110-93(98)80-76-72-68-64-60-56-52-48-45-42-39-35-31-27-23-19-15-11-7-3)84-104-91(96)78-74-70-66-62-58-54-51-47-44-41-38-34-30-26-22-18-14-10-6-2/h9-11,13-15,21-23,25-27,33-39,43-49,53-54,56-58,60,68,72,87-89,94H,5-8,12,16-20,24,28-32,40-42,50-52,55,59,61-67,69-71,73-86H2,1-4H3,(H,99,100)(H,101,102)/b13-9-,14-10-,15-11-,25-21-,26-22-,27-23-,37-33-,38-34-,39-35-,46-43-,47-44-,48-45-,49-36-,57-53-,58-54-,60-56-,72-68-/t87-,88+,89+/m0/s1. The Morgan fingerprint density at radius 2 is 0.482 bits per heavy atom. The van der Waals surface area contributed by atoms with Crippen LogP contribution >= 0.6 is 15.6 Å². The zero-order valence-electron chi connectivity index (χ0n) is 69.3. The predicted octanol–water partition coefficient (Wildman–Crippen LogP) is 25.4. The largest absolute Gasteiger partial charge is 0.472 e. The van der Waals surface area contributed by atoms with Crippen molar-refractivity contribution >= 4 is 39.5 Å². The molecule has 19 heteroatoms. The monoisotopic (exact) mass is 1600 g/mol. The molecule has 112 heavy (non-hydrogen) atoms. The summed E-state index contributed by atoms with van der Waals surface area (Å²) >= 11 is 0. The number of aliphatic hydroxyl groups is 1. The molecule has 0 spiro atoms. The molecule has 0 saturated heterocycles. The van der Waals surface area contributed by atoms with Gasteiger partial charge in [-0.05, 0) is 180 Å². The first-order valence-corrected chi connectivity index (χ1v) is 45.3. The number of phosphoric ester groups is 2. The molecule has 0 radical (unpaired) electrons. The summed E-state index contributed by atoms with van der Waals surface area (Å²) in [5.74, 6) is -2.37. The minimum absolute atomic E-state index is 0.0475. The molecule has 0 rings (SSSR count). The van der Waals surface area contributed by atoms with E-state index in [-0.39, 0.29) is 25.7 Å². The van der Waals surface area contributed by atoms with Crippen LogP contribution in [0.5, 0.6) is 0 Å². The summed E-state index contributed by atoms with van der Waals surface area (Å²) in [6, 6.07) is 0. The molecule has 0 heterocycles. The van der Waals surface area contributed by atoms with E-state index < -0.39 is 97.5 Å². The van der Waals surface area contributed by atoms with Crippen molar-refractivity contribution in [3.63, 3.8) is 0 Å². The second-order valence-corrected chi connectivity index (χ2v) is 30.2. The first kappa shape index (κ1) is 106. The van der Waals surface area contributed by atoms with Crippen molar-refractivity contribution in [2.75, 3.05) is 39.6 Å². The molecule has 3 N–H and O–H groups in total. The summed E-state index contributed by atoms with van der Waals surface area (Å²) in [5.41, 5.74) is 0. The second kappa shape index (κ2) is 82.6. The van der Waals surface area contributed by atoms with Crippen LogP contribution in [0, 0.1) is 0 Å². The van der Waals surface area contributed by atoms with Crippen molar-refractivity contribution in [3.05, 3.63) is 207 Å². The van der Waals surface area contributed by atoms with Gasteiger partial charge in [-0.3, -0.25) is 37.3 Å². The number of ether oxygens (including phenoxy) is 4. The van der Waals surface area contributed by atoms with E-state index >= 15 is 0 Å². The predicted molar refractivity (Wildman–Crippen MR) is 463 cm³/mol. The van der Waals surface area contributed by atoms with Gasteiger partial charge in [0.25, 0.3) is 0 Å².